The first-order valence-electron chi connectivity index (χ1n) is 8.32. The Morgan fingerprint density at radius 3 is 1.96 bits per heavy atom. The van der Waals surface area contributed by atoms with Crippen molar-refractivity contribution in [3.05, 3.63) is 17.2 Å². The van der Waals surface area contributed by atoms with Crippen LogP contribution in [-0.4, -0.2) is 56.7 Å². The third-order valence-electron chi connectivity index (χ3n) is 3.57. The molecule has 2 rings (SSSR count). The van der Waals surface area contributed by atoms with E-state index in [9.17, 15) is 4.79 Å². The van der Waals surface area contributed by atoms with Crippen molar-refractivity contribution in [2.75, 3.05) is 35.5 Å². The van der Waals surface area contributed by atoms with Crippen molar-refractivity contribution in [3.8, 4) is 11.8 Å². The van der Waals surface area contributed by atoms with E-state index in [0.29, 0.717) is 23.2 Å². The molecule has 0 atom stereocenters. The number of hydrogen-bond donors (Lipinski definition) is 2. The van der Waals surface area contributed by atoms with Gasteiger partial charge < -0.3 is 24.4 Å². The molecule has 1 fully saturated rings. The zero-order valence-corrected chi connectivity index (χ0v) is 16.5. The molecule has 0 saturated heterocycles. The molecule has 146 valence electrons. The molecule has 7 nitrogen and oxygen atoms in total. The number of hydrogen-bond acceptors (Lipinski definition) is 7. The van der Waals surface area contributed by atoms with E-state index in [4.69, 9.17) is 24.4 Å². The van der Waals surface area contributed by atoms with E-state index in [0.717, 1.165) is 32.6 Å². The number of ether oxygens (including phenoxy) is 3. The smallest absolute Gasteiger partial charge is 0.338 e. The molecule has 0 aromatic carbocycles. The quantitative estimate of drug-likeness (QED) is 0.798. The molecule has 0 radical (unpaired) electrons. The monoisotopic (exact) mass is 359 g/mol. The molecule has 0 spiro atoms. The molecule has 7 heteroatoms. The summed E-state index contributed by atoms with van der Waals surface area (Å²) in [4.78, 5) is 16.2. The van der Waals surface area contributed by atoms with Gasteiger partial charge in [-0.15, -0.1) is 0 Å². The minimum atomic E-state index is -0.374. The number of esters is 1. The summed E-state index contributed by atoms with van der Waals surface area (Å²) < 4.78 is 15.3. The molecule has 1 heterocycles. The second-order valence-corrected chi connectivity index (χ2v) is 4.61. The van der Waals surface area contributed by atoms with Gasteiger partial charge in [0.05, 0.1) is 26.9 Å². The van der Waals surface area contributed by atoms with E-state index in [-0.39, 0.29) is 5.97 Å². The highest BCUT2D eigenvalue weighted by atomic mass is 16.5. The highest BCUT2D eigenvalue weighted by Crippen LogP contribution is 2.41. The van der Waals surface area contributed by atoms with E-state index < -0.39 is 0 Å². The van der Waals surface area contributed by atoms with Crippen LogP contribution in [0.4, 0.5) is 0 Å². The van der Waals surface area contributed by atoms with E-state index in [1.54, 1.807) is 13.2 Å². The van der Waals surface area contributed by atoms with Gasteiger partial charge in [-0.05, 0) is 18.8 Å². The van der Waals surface area contributed by atoms with E-state index in [1.807, 2.05) is 13.8 Å². The molecule has 25 heavy (non-hydrogen) atoms. The highest BCUT2D eigenvalue weighted by Gasteiger charge is 2.28. The van der Waals surface area contributed by atoms with E-state index in [2.05, 4.69) is 4.98 Å². The van der Waals surface area contributed by atoms with Gasteiger partial charge in [0.2, 0.25) is 11.8 Å². The fourth-order valence-electron chi connectivity index (χ4n) is 2.66. The summed E-state index contributed by atoms with van der Waals surface area (Å²) in [5, 5.41) is 14.0. The Hall–Kier alpha value is -1.86. The lowest BCUT2D eigenvalue weighted by Gasteiger charge is -2.18. The Balaban J connectivity index is 0. The van der Waals surface area contributed by atoms with Crippen molar-refractivity contribution < 1.29 is 29.2 Å². The minimum Gasteiger partial charge on any atom is -0.481 e. The molecule has 1 aliphatic rings. The third kappa shape index (κ3) is 7.27. The summed E-state index contributed by atoms with van der Waals surface area (Å²) >= 11 is 0. The van der Waals surface area contributed by atoms with Gasteiger partial charge in [0, 0.05) is 25.8 Å². The van der Waals surface area contributed by atoms with Gasteiger partial charge in [-0.25, -0.2) is 4.79 Å². The maximum absolute atomic E-state index is 12.0. The van der Waals surface area contributed by atoms with Gasteiger partial charge in [0.15, 0.2) is 0 Å². The van der Waals surface area contributed by atoms with Crippen molar-refractivity contribution in [1.29, 1.82) is 0 Å². The molecule has 0 bridgehead atoms. The number of aliphatic hydroxyl groups excluding tert-OH is 2. The number of rotatable bonds is 4. The van der Waals surface area contributed by atoms with Crippen LogP contribution in [0.15, 0.2) is 6.07 Å². The van der Waals surface area contributed by atoms with Crippen molar-refractivity contribution in [1.82, 2.24) is 4.98 Å². The predicted molar refractivity (Wildman–Crippen MR) is 97.5 cm³/mol. The Bertz CT molecular complexity index is 473. The van der Waals surface area contributed by atoms with Gasteiger partial charge in [0.1, 0.15) is 0 Å². The molecule has 1 aliphatic carbocycles. The largest absolute Gasteiger partial charge is 0.481 e. The molecular formula is C18H33NO6. The SMILES string of the molecule is CC.CO.CO.COC(=O)c1cc(OC)nc(OC)c1C1CCCC1. The summed E-state index contributed by atoms with van der Waals surface area (Å²) in [6, 6.07) is 1.63. The molecule has 1 aromatic heterocycles. The van der Waals surface area contributed by atoms with Crippen molar-refractivity contribution in [3.63, 3.8) is 0 Å². The van der Waals surface area contributed by atoms with Crippen LogP contribution in [0.3, 0.4) is 0 Å². The predicted octanol–water partition coefficient (Wildman–Crippen LogP) is 2.79. The molecule has 1 aromatic rings. The van der Waals surface area contributed by atoms with Crippen LogP contribution < -0.4 is 9.47 Å². The van der Waals surface area contributed by atoms with Crippen LogP contribution in [0.2, 0.25) is 0 Å². The number of aliphatic hydroxyl groups is 2. The maximum Gasteiger partial charge on any atom is 0.338 e. The zero-order chi connectivity index (χ0) is 19.8. The van der Waals surface area contributed by atoms with Crippen molar-refractivity contribution in [2.24, 2.45) is 0 Å². The summed E-state index contributed by atoms with van der Waals surface area (Å²) in [7, 11) is 6.44. The molecule has 1 saturated carbocycles. The molecule has 0 unspecified atom stereocenters. The van der Waals surface area contributed by atoms with Crippen molar-refractivity contribution in [2.45, 2.75) is 45.4 Å². The molecule has 2 N–H and O–H groups in total. The van der Waals surface area contributed by atoms with Gasteiger partial charge in [-0.2, -0.15) is 4.98 Å². The Labute approximate surface area is 150 Å². The van der Waals surface area contributed by atoms with Gasteiger partial charge in [0.25, 0.3) is 0 Å². The van der Waals surface area contributed by atoms with Crippen LogP contribution in [0.25, 0.3) is 0 Å². The van der Waals surface area contributed by atoms with Crippen LogP contribution in [0.1, 0.15) is 61.4 Å². The second kappa shape index (κ2) is 15.7. The fourth-order valence-corrected chi connectivity index (χ4v) is 2.66. The molecular weight excluding hydrogens is 326 g/mol. The zero-order valence-electron chi connectivity index (χ0n) is 16.5. The standard InChI is InChI=1S/C14H19NO4.C2H6.2CH4O/c1-17-11-8-10(14(16)19-3)12(13(15-11)18-2)9-6-4-5-7-9;3*1-2/h8-9H,4-7H2,1-3H3;1-2H3;2*2H,1H3. The van der Waals surface area contributed by atoms with E-state index in [1.165, 1.54) is 27.1 Å². The maximum atomic E-state index is 12.0. The number of pyridine rings is 1. The average Bonchev–Trinajstić information content (AvgIpc) is 3.25. The van der Waals surface area contributed by atoms with Crippen LogP contribution in [0, 0.1) is 0 Å². The topological polar surface area (TPSA) is 98.1 Å². The Morgan fingerprint density at radius 1 is 1.04 bits per heavy atom. The fraction of sp³-hybridized carbons (Fsp3) is 0.667. The normalized spacial score (nSPS) is 12.4. The van der Waals surface area contributed by atoms with Crippen molar-refractivity contribution >= 4 is 5.97 Å². The van der Waals surface area contributed by atoms with Gasteiger partial charge >= 0.3 is 5.97 Å². The lowest BCUT2D eigenvalue weighted by molar-refractivity contribution is 0.0597. The summed E-state index contributed by atoms with van der Waals surface area (Å²) in [6.07, 6.45) is 4.43. The van der Waals surface area contributed by atoms with Gasteiger partial charge in [-0.3, -0.25) is 0 Å². The lowest BCUT2D eigenvalue weighted by atomic mass is 9.94. The third-order valence-corrected chi connectivity index (χ3v) is 3.57. The number of carbonyl (C=O) groups is 1. The summed E-state index contributed by atoms with van der Waals surface area (Å²) in [6.45, 7) is 4.00. The van der Waals surface area contributed by atoms with Crippen LogP contribution in [0.5, 0.6) is 11.8 Å². The lowest BCUT2D eigenvalue weighted by Crippen LogP contribution is -2.11. The number of methoxy groups -OCH3 is 3. The summed E-state index contributed by atoms with van der Waals surface area (Å²) in [5.74, 6) is 0.758. The van der Waals surface area contributed by atoms with Crippen LogP contribution >= 0.6 is 0 Å². The summed E-state index contributed by atoms with van der Waals surface area (Å²) in [5.41, 5.74) is 1.35. The van der Waals surface area contributed by atoms with Crippen LogP contribution in [-0.2, 0) is 4.74 Å². The first-order chi connectivity index (χ1) is 12.2. The molecule has 0 aliphatic heterocycles. The van der Waals surface area contributed by atoms with E-state index >= 15 is 0 Å². The number of nitrogens with zero attached hydrogens (tertiary/aromatic N) is 1. The number of aromatic nitrogens is 1. The second-order valence-electron chi connectivity index (χ2n) is 4.61. The molecule has 0 amide bonds. The average molecular weight is 359 g/mol. The Morgan fingerprint density at radius 2 is 1.56 bits per heavy atom. The first-order valence-corrected chi connectivity index (χ1v) is 8.32. The number of carbonyl (C=O) groups excluding carboxylic acids is 1. The van der Waals surface area contributed by atoms with Gasteiger partial charge in [-0.1, -0.05) is 26.7 Å². The minimum absolute atomic E-state index is 0.308. The first kappa shape index (κ1) is 25.4. The Kier molecular flexibility index (Phi) is 15.9. The highest BCUT2D eigenvalue weighted by molar-refractivity contribution is 5.92.